The normalized spacial score (nSPS) is 10.2. The molecule has 0 aromatic heterocycles. The van der Waals surface area contributed by atoms with Crippen LogP contribution in [-0.4, -0.2) is 0 Å². The second-order valence-electron chi connectivity index (χ2n) is 2.40. The van der Waals surface area contributed by atoms with Crippen molar-refractivity contribution in [3.63, 3.8) is 0 Å². The zero-order valence-electron chi connectivity index (χ0n) is 6.20. The lowest BCUT2D eigenvalue weighted by Gasteiger charge is -2.04. The SMILES string of the molecule is Cc1cc(Cl)c(Br)cc1CN. The maximum atomic E-state index is 5.86. The van der Waals surface area contributed by atoms with Crippen molar-refractivity contribution >= 4 is 27.5 Å². The van der Waals surface area contributed by atoms with Crippen LogP contribution < -0.4 is 5.73 Å². The molecular formula is C8H9BrClN. The first-order valence-electron chi connectivity index (χ1n) is 3.29. The fourth-order valence-corrected chi connectivity index (χ4v) is 1.52. The van der Waals surface area contributed by atoms with Gasteiger partial charge in [0, 0.05) is 11.0 Å². The predicted octanol–water partition coefficient (Wildman–Crippen LogP) is 2.87. The fraction of sp³-hybridized carbons (Fsp3) is 0.250. The fourth-order valence-electron chi connectivity index (χ4n) is 0.907. The number of rotatable bonds is 1. The molecule has 0 radical (unpaired) electrons. The van der Waals surface area contributed by atoms with E-state index in [9.17, 15) is 0 Å². The summed E-state index contributed by atoms with van der Waals surface area (Å²) >= 11 is 9.19. The number of hydrogen-bond donors (Lipinski definition) is 1. The van der Waals surface area contributed by atoms with Crippen LogP contribution in [0, 0.1) is 6.92 Å². The first-order chi connectivity index (χ1) is 5.15. The molecule has 1 aromatic carbocycles. The molecule has 60 valence electrons. The third-order valence-electron chi connectivity index (χ3n) is 1.60. The lowest BCUT2D eigenvalue weighted by molar-refractivity contribution is 1.05. The van der Waals surface area contributed by atoms with Gasteiger partial charge in [-0.15, -0.1) is 0 Å². The van der Waals surface area contributed by atoms with Crippen molar-refractivity contribution in [1.82, 2.24) is 0 Å². The van der Waals surface area contributed by atoms with Crippen LogP contribution in [0.1, 0.15) is 11.1 Å². The maximum absolute atomic E-state index is 5.86. The zero-order chi connectivity index (χ0) is 8.43. The van der Waals surface area contributed by atoms with Gasteiger partial charge in [0.15, 0.2) is 0 Å². The Morgan fingerprint density at radius 1 is 1.55 bits per heavy atom. The van der Waals surface area contributed by atoms with Crippen molar-refractivity contribution in [2.75, 3.05) is 0 Å². The molecule has 0 bridgehead atoms. The summed E-state index contributed by atoms with van der Waals surface area (Å²) in [6.07, 6.45) is 0. The number of nitrogens with two attached hydrogens (primary N) is 1. The third-order valence-corrected chi connectivity index (χ3v) is 2.80. The number of halogens is 2. The Labute approximate surface area is 79.7 Å². The van der Waals surface area contributed by atoms with E-state index in [0.717, 1.165) is 20.6 Å². The minimum Gasteiger partial charge on any atom is -0.326 e. The average molecular weight is 235 g/mol. The molecule has 0 heterocycles. The molecule has 2 N–H and O–H groups in total. The Kier molecular flexibility index (Phi) is 2.93. The van der Waals surface area contributed by atoms with Crippen LogP contribution in [0.15, 0.2) is 16.6 Å². The van der Waals surface area contributed by atoms with Crippen LogP contribution in [0.25, 0.3) is 0 Å². The van der Waals surface area contributed by atoms with E-state index in [1.54, 1.807) is 0 Å². The van der Waals surface area contributed by atoms with E-state index in [2.05, 4.69) is 15.9 Å². The van der Waals surface area contributed by atoms with Gasteiger partial charge in [0.25, 0.3) is 0 Å². The smallest absolute Gasteiger partial charge is 0.0550 e. The summed E-state index contributed by atoms with van der Waals surface area (Å²) < 4.78 is 0.908. The second kappa shape index (κ2) is 3.57. The highest BCUT2D eigenvalue weighted by Crippen LogP contribution is 2.25. The van der Waals surface area contributed by atoms with Gasteiger partial charge in [0.05, 0.1) is 5.02 Å². The first-order valence-corrected chi connectivity index (χ1v) is 4.47. The summed E-state index contributed by atoms with van der Waals surface area (Å²) in [5.74, 6) is 0. The molecule has 1 nitrogen and oxygen atoms in total. The molecule has 0 aliphatic rings. The molecule has 0 fully saturated rings. The van der Waals surface area contributed by atoms with Crippen molar-refractivity contribution in [2.24, 2.45) is 5.73 Å². The maximum Gasteiger partial charge on any atom is 0.0550 e. The molecule has 0 aliphatic heterocycles. The lowest BCUT2D eigenvalue weighted by Crippen LogP contribution is -1.98. The van der Waals surface area contributed by atoms with E-state index in [-0.39, 0.29) is 0 Å². The highest BCUT2D eigenvalue weighted by molar-refractivity contribution is 9.10. The van der Waals surface area contributed by atoms with Gasteiger partial charge < -0.3 is 5.73 Å². The Hall–Kier alpha value is -0.0500. The van der Waals surface area contributed by atoms with Crippen molar-refractivity contribution in [3.8, 4) is 0 Å². The molecule has 1 aromatic rings. The number of aryl methyl sites for hydroxylation is 1. The lowest BCUT2D eigenvalue weighted by atomic mass is 10.1. The van der Waals surface area contributed by atoms with Gasteiger partial charge in [-0.3, -0.25) is 0 Å². The average Bonchev–Trinajstić information content (AvgIpc) is 1.97. The molecular weight excluding hydrogens is 225 g/mol. The molecule has 0 atom stereocenters. The Morgan fingerprint density at radius 2 is 2.18 bits per heavy atom. The quantitative estimate of drug-likeness (QED) is 0.794. The Balaban J connectivity index is 3.21. The molecule has 0 saturated carbocycles. The van der Waals surface area contributed by atoms with Crippen LogP contribution in [0.4, 0.5) is 0 Å². The highest BCUT2D eigenvalue weighted by Gasteiger charge is 2.01. The predicted molar refractivity (Wildman–Crippen MR) is 51.8 cm³/mol. The summed E-state index contributed by atoms with van der Waals surface area (Å²) in [5.41, 5.74) is 7.77. The number of hydrogen-bond acceptors (Lipinski definition) is 1. The van der Waals surface area contributed by atoms with Crippen LogP contribution in [0.5, 0.6) is 0 Å². The summed E-state index contributed by atoms with van der Waals surface area (Å²) in [4.78, 5) is 0. The van der Waals surface area contributed by atoms with Gasteiger partial charge in [0.2, 0.25) is 0 Å². The Bertz CT molecular complexity index is 273. The monoisotopic (exact) mass is 233 g/mol. The molecule has 3 heteroatoms. The zero-order valence-corrected chi connectivity index (χ0v) is 8.54. The second-order valence-corrected chi connectivity index (χ2v) is 3.66. The van der Waals surface area contributed by atoms with Gasteiger partial charge in [-0.1, -0.05) is 11.6 Å². The largest absolute Gasteiger partial charge is 0.326 e. The minimum atomic E-state index is 0.557. The van der Waals surface area contributed by atoms with Gasteiger partial charge in [-0.05, 0) is 46.1 Å². The summed E-state index contributed by atoms with van der Waals surface area (Å²) in [5, 5.41) is 0.736. The first kappa shape index (κ1) is 9.04. The van der Waals surface area contributed by atoms with Crippen molar-refractivity contribution in [2.45, 2.75) is 13.5 Å². The van der Waals surface area contributed by atoms with Crippen LogP contribution >= 0.6 is 27.5 Å². The van der Waals surface area contributed by atoms with E-state index < -0.39 is 0 Å². The van der Waals surface area contributed by atoms with Crippen molar-refractivity contribution in [1.29, 1.82) is 0 Å². The number of benzene rings is 1. The highest BCUT2D eigenvalue weighted by atomic mass is 79.9. The minimum absolute atomic E-state index is 0.557. The van der Waals surface area contributed by atoms with Crippen LogP contribution in [0.3, 0.4) is 0 Å². The van der Waals surface area contributed by atoms with Gasteiger partial charge in [-0.25, -0.2) is 0 Å². The molecule has 0 saturated heterocycles. The van der Waals surface area contributed by atoms with Crippen molar-refractivity contribution in [3.05, 3.63) is 32.8 Å². The van der Waals surface area contributed by atoms with E-state index in [0.29, 0.717) is 6.54 Å². The standard InChI is InChI=1S/C8H9BrClN/c1-5-2-8(10)7(9)3-6(5)4-11/h2-3H,4,11H2,1H3. The van der Waals surface area contributed by atoms with Crippen molar-refractivity contribution < 1.29 is 0 Å². The van der Waals surface area contributed by atoms with Crippen LogP contribution in [-0.2, 0) is 6.54 Å². The van der Waals surface area contributed by atoms with Gasteiger partial charge in [-0.2, -0.15) is 0 Å². The Morgan fingerprint density at radius 3 is 2.73 bits per heavy atom. The molecule has 1 rings (SSSR count). The summed E-state index contributed by atoms with van der Waals surface area (Å²) in [7, 11) is 0. The van der Waals surface area contributed by atoms with E-state index in [1.165, 1.54) is 0 Å². The van der Waals surface area contributed by atoms with E-state index in [4.69, 9.17) is 17.3 Å². The summed E-state index contributed by atoms with van der Waals surface area (Å²) in [6.45, 7) is 2.56. The molecule has 0 unspecified atom stereocenters. The van der Waals surface area contributed by atoms with E-state index >= 15 is 0 Å². The molecule has 11 heavy (non-hydrogen) atoms. The topological polar surface area (TPSA) is 26.0 Å². The van der Waals surface area contributed by atoms with Gasteiger partial charge in [0.1, 0.15) is 0 Å². The summed E-state index contributed by atoms with van der Waals surface area (Å²) in [6, 6.07) is 3.87. The molecule has 0 amide bonds. The van der Waals surface area contributed by atoms with E-state index in [1.807, 2.05) is 19.1 Å². The molecule has 0 spiro atoms. The molecule has 0 aliphatic carbocycles. The van der Waals surface area contributed by atoms with Crippen LogP contribution in [0.2, 0.25) is 5.02 Å². The third kappa shape index (κ3) is 1.95. The van der Waals surface area contributed by atoms with Gasteiger partial charge >= 0.3 is 0 Å².